The summed E-state index contributed by atoms with van der Waals surface area (Å²) < 4.78 is 0. The largest absolute Gasteiger partial charge is 0.507 e. The molecule has 0 saturated heterocycles. The van der Waals surface area contributed by atoms with Gasteiger partial charge in [-0.1, -0.05) is 41.9 Å². The topological polar surface area (TPSA) is 82.5 Å². The van der Waals surface area contributed by atoms with Crippen molar-refractivity contribution >= 4 is 29.3 Å². The highest BCUT2D eigenvalue weighted by atomic mass is 35.5. The maximum atomic E-state index is 9.67. The van der Waals surface area contributed by atoms with Crippen molar-refractivity contribution in [3.8, 4) is 5.75 Å². The highest BCUT2D eigenvalue weighted by molar-refractivity contribution is 6.32. The molecule has 0 spiro atoms. The lowest BCUT2D eigenvalue weighted by atomic mass is 10.2. The number of nitrogens with one attached hydrogen (secondary N) is 1. The first-order valence-corrected chi connectivity index (χ1v) is 6.59. The van der Waals surface area contributed by atoms with Crippen molar-refractivity contribution in [3.05, 3.63) is 70.8 Å². The van der Waals surface area contributed by atoms with Gasteiger partial charge in [0.15, 0.2) is 0 Å². The number of nitrogens with two attached hydrogens (primary N) is 1. The Morgan fingerprint density at radius 1 is 1.14 bits per heavy atom. The number of hydrogen-bond acceptors (Lipinski definition) is 2. The number of para-hydroxylation sites is 1. The van der Waals surface area contributed by atoms with Gasteiger partial charge in [0.25, 0.3) is 0 Å². The zero-order valence-corrected chi connectivity index (χ0v) is 11.9. The van der Waals surface area contributed by atoms with Crippen LogP contribution in [-0.2, 0) is 0 Å². The van der Waals surface area contributed by atoms with E-state index in [1.54, 1.807) is 30.3 Å². The molecule has 4 nitrogen and oxygen atoms in total. The summed E-state index contributed by atoms with van der Waals surface area (Å²) in [6.45, 7) is 0. The predicted octanol–water partition coefficient (Wildman–Crippen LogP) is 3.44. The first kappa shape index (κ1) is 14.8. The first-order valence-electron chi connectivity index (χ1n) is 6.21. The lowest BCUT2D eigenvalue weighted by Crippen LogP contribution is -2.15. The fourth-order valence-corrected chi connectivity index (χ4v) is 1.90. The van der Waals surface area contributed by atoms with Gasteiger partial charge < -0.3 is 10.8 Å². The summed E-state index contributed by atoms with van der Waals surface area (Å²) in [6, 6.07) is 13.9. The maximum absolute atomic E-state index is 9.67. The second-order valence-electron chi connectivity index (χ2n) is 4.25. The van der Waals surface area contributed by atoms with E-state index >= 15 is 0 Å². The average Bonchev–Trinajstić information content (AvgIpc) is 2.46. The molecule has 0 aliphatic carbocycles. The van der Waals surface area contributed by atoms with Crippen LogP contribution in [0.15, 0.2) is 59.6 Å². The van der Waals surface area contributed by atoms with Gasteiger partial charge in [0.2, 0.25) is 0 Å². The quantitative estimate of drug-likeness (QED) is 0.599. The third kappa shape index (κ3) is 3.94. The molecule has 0 aromatic heterocycles. The van der Waals surface area contributed by atoms with E-state index in [0.717, 1.165) is 5.56 Å². The van der Waals surface area contributed by atoms with Crippen LogP contribution in [-0.4, -0.2) is 16.8 Å². The number of aromatic hydroxyl groups is 1. The number of amidine groups is 2. The van der Waals surface area contributed by atoms with Crippen LogP contribution in [0.4, 0.5) is 0 Å². The third-order valence-electron chi connectivity index (χ3n) is 2.75. The fraction of sp³-hybridized carbons (Fsp3) is 0. The van der Waals surface area contributed by atoms with E-state index in [1.165, 1.54) is 12.1 Å². The Kier molecular flexibility index (Phi) is 4.74. The van der Waals surface area contributed by atoms with Crippen molar-refractivity contribution in [2.75, 3.05) is 0 Å². The summed E-state index contributed by atoms with van der Waals surface area (Å²) in [7, 11) is 0. The number of hydrogen-bond donors (Lipinski definition) is 3. The number of aliphatic imine (C=N–C) groups is 1. The Morgan fingerprint density at radius 2 is 1.81 bits per heavy atom. The van der Waals surface area contributed by atoms with Crippen LogP contribution in [0.3, 0.4) is 0 Å². The second-order valence-corrected chi connectivity index (χ2v) is 4.66. The molecule has 0 aliphatic rings. The Labute approximate surface area is 127 Å². The molecule has 106 valence electrons. The fourth-order valence-electron chi connectivity index (χ4n) is 1.70. The highest BCUT2D eigenvalue weighted by Crippen LogP contribution is 2.17. The lowest BCUT2D eigenvalue weighted by molar-refractivity contribution is 0.474. The molecular weight excluding hydrogens is 286 g/mol. The van der Waals surface area contributed by atoms with Crippen molar-refractivity contribution in [3.63, 3.8) is 0 Å². The summed E-state index contributed by atoms with van der Waals surface area (Å²) in [5.74, 6) is 0.0826. The van der Waals surface area contributed by atoms with Gasteiger partial charge in [0.1, 0.15) is 17.4 Å². The Bertz CT molecular complexity index is 723. The minimum Gasteiger partial charge on any atom is -0.507 e. The molecule has 0 unspecified atom stereocenters. The van der Waals surface area contributed by atoms with Gasteiger partial charge in [-0.3, -0.25) is 5.41 Å². The van der Waals surface area contributed by atoms with E-state index in [1.807, 2.05) is 18.2 Å². The molecular formula is C16H14ClN3O. The van der Waals surface area contributed by atoms with Crippen LogP contribution >= 0.6 is 11.6 Å². The van der Waals surface area contributed by atoms with Crippen LogP contribution in [0.5, 0.6) is 5.75 Å². The van der Waals surface area contributed by atoms with Crippen LogP contribution < -0.4 is 5.73 Å². The smallest absolute Gasteiger partial charge is 0.146 e. The van der Waals surface area contributed by atoms with Gasteiger partial charge in [0, 0.05) is 5.02 Å². The number of phenols is 1. The molecule has 0 saturated carbocycles. The molecule has 2 aromatic rings. The maximum Gasteiger partial charge on any atom is 0.146 e. The van der Waals surface area contributed by atoms with E-state index in [4.69, 9.17) is 22.7 Å². The molecule has 5 heteroatoms. The third-order valence-corrected chi connectivity index (χ3v) is 3.09. The zero-order valence-electron chi connectivity index (χ0n) is 11.1. The molecule has 0 amide bonds. The second kappa shape index (κ2) is 6.72. The van der Waals surface area contributed by atoms with Gasteiger partial charge in [0.05, 0.1) is 5.56 Å². The first-order chi connectivity index (χ1) is 10.1. The minimum atomic E-state index is -0.0318. The van der Waals surface area contributed by atoms with E-state index in [9.17, 15) is 5.11 Å². The van der Waals surface area contributed by atoms with Crippen LogP contribution in [0.25, 0.3) is 6.08 Å². The highest BCUT2D eigenvalue weighted by Gasteiger charge is 2.04. The number of benzene rings is 2. The van der Waals surface area contributed by atoms with E-state index in [0.29, 0.717) is 10.6 Å². The summed E-state index contributed by atoms with van der Waals surface area (Å²) in [6.07, 6.45) is 3.18. The zero-order chi connectivity index (χ0) is 15.2. The van der Waals surface area contributed by atoms with E-state index in [2.05, 4.69) is 4.99 Å². The van der Waals surface area contributed by atoms with Gasteiger partial charge in [-0.2, -0.15) is 0 Å². The average molecular weight is 300 g/mol. The van der Waals surface area contributed by atoms with Crippen LogP contribution in [0.1, 0.15) is 11.1 Å². The van der Waals surface area contributed by atoms with Gasteiger partial charge in [-0.15, -0.1) is 0 Å². The lowest BCUT2D eigenvalue weighted by Gasteiger charge is -2.02. The van der Waals surface area contributed by atoms with Gasteiger partial charge >= 0.3 is 0 Å². The molecule has 0 bridgehead atoms. The van der Waals surface area contributed by atoms with Crippen molar-refractivity contribution < 1.29 is 5.11 Å². The van der Waals surface area contributed by atoms with Gasteiger partial charge in [-0.25, -0.2) is 4.99 Å². The standard InChI is InChI=1S/C16H14ClN3O/c17-13-7-3-1-5-11(13)9-10-15(18)20-16(19)12-6-2-4-8-14(12)21/h1-10,21H,(H3,18,19,20)/b10-9+. The normalized spacial score (nSPS) is 11.8. The molecule has 2 rings (SSSR count). The monoisotopic (exact) mass is 299 g/mol. The van der Waals surface area contributed by atoms with E-state index in [-0.39, 0.29) is 17.4 Å². The number of phenolic OH excluding ortho intramolecular Hbond substituents is 1. The predicted molar refractivity (Wildman–Crippen MR) is 87.0 cm³/mol. The molecule has 2 aromatic carbocycles. The van der Waals surface area contributed by atoms with Crippen LogP contribution in [0, 0.1) is 5.41 Å². The molecule has 21 heavy (non-hydrogen) atoms. The number of nitrogens with zero attached hydrogens (tertiary/aromatic N) is 1. The van der Waals surface area contributed by atoms with Crippen molar-refractivity contribution in [2.45, 2.75) is 0 Å². The van der Waals surface area contributed by atoms with Crippen molar-refractivity contribution in [1.82, 2.24) is 0 Å². The molecule has 0 aliphatic heterocycles. The minimum absolute atomic E-state index is 0.0293. The summed E-state index contributed by atoms with van der Waals surface area (Å²) in [4.78, 5) is 3.94. The van der Waals surface area contributed by atoms with Gasteiger partial charge in [-0.05, 0) is 35.9 Å². The number of rotatable bonds is 3. The summed E-state index contributed by atoms with van der Waals surface area (Å²) >= 11 is 6.01. The van der Waals surface area contributed by atoms with Crippen LogP contribution in [0.2, 0.25) is 5.02 Å². The van der Waals surface area contributed by atoms with E-state index < -0.39 is 0 Å². The van der Waals surface area contributed by atoms with Crippen molar-refractivity contribution in [1.29, 1.82) is 5.41 Å². The molecule has 4 N–H and O–H groups in total. The molecule has 0 heterocycles. The summed E-state index contributed by atoms with van der Waals surface area (Å²) in [5.41, 5.74) is 6.97. The summed E-state index contributed by atoms with van der Waals surface area (Å²) in [5, 5.41) is 18.0. The Morgan fingerprint density at radius 3 is 2.52 bits per heavy atom. The Hall–Kier alpha value is -2.59. The van der Waals surface area contributed by atoms with Crippen molar-refractivity contribution in [2.24, 2.45) is 10.7 Å². The molecule has 0 atom stereocenters. The number of halogens is 1. The Balaban J connectivity index is 2.16. The molecule has 0 fully saturated rings. The SMILES string of the molecule is N=C(/C=C/c1ccccc1Cl)/N=C(\N)c1ccccc1O. The molecule has 0 radical (unpaired) electrons.